The van der Waals surface area contributed by atoms with Crippen molar-refractivity contribution >= 4 is 11.6 Å². The molecule has 0 amide bonds. The molecule has 2 aromatic carbocycles. The highest BCUT2D eigenvalue weighted by Crippen LogP contribution is 2.51. The van der Waals surface area contributed by atoms with Crippen LogP contribution in [0.4, 0.5) is 0 Å². The topological polar surface area (TPSA) is 34.1 Å². The lowest BCUT2D eigenvalue weighted by atomic mass is 9.77. The zero-order valence-corrected chi connectivity index (χ0v) is 10.3. The molecule has 0 bridgehead atoms. The third-order valence-corrected chi connectivity index (χ3v) is 4.41. The molecule has 0 fully saturated rings. The Labute approximate surface area is 111 Å². The van der Waals surface area contributed by atoms with Crippen molar-refractivity contribution in [1.29, 1.82) is 0 Å². The van der Waals surface area contributed by atoms with Crippen LogP contribution in [0.3, 0.4) is 0 Å². The SMILES string of the molecule is O=C1CC2(CC(=O)c3ccccc32)c2ccccc21. The van der Waals surface area contributed by atoms with Crippen molar-refractivity contribution in [3.05, 3.63) is 70.8 Å². The number of fused-ring (bicyclic) bond motifs is 4. The van der Waals surface area contributed by atoms with E-state index in [1.54, 1.807) is 0 Å². The summed E-state index contributed by atoms with van der Waals surface area (Å²) >= 11 is 0. The highest BCUT2D eigenvalue weighted by molar-refractivity contribution is 6.09. The smallest absolute Gasteiger partial charge is 0.164 e. The minimum absolute atomic E-state index is 0.153. The fraction of sp³-hybridized carbons (Fsp3) is 0.176. The highest BCUT2D eigenvalue weighted by Gasteiger charge is 2.50. The molecule has 2 aliphatic carbocycles. The largest absolute Gasteiger partial charge is 0.294 e. The summed E-state index contributed by atoms with van der Waals surface area (Å²) in [6.07, 6.45) is 0.851. The van der Waals surface area contributed by atoms with Gasteiger partial charge in [0.25, 0.3) is 0 Å². The number of benzene rings is 2. The predicted molar refractivity (Wildman–Crippen MR) is 71.6 cm³/mol. The molecule has 0 aromatic heterocycles. The molecule has 0 radical (unpaired) electrons. The molecular formula is C17H12O2. The van der Waals surface area contributed by atoms with Crippen LogP contribution in [0.5, 0.6) is 0 Å². The Morgan fingerprint density at radius 3 is 1.58 bits per heavy atom. The first-order valence-electron chi connectivity index (χ1n) is 6.48. The predicted octanol–water partition coefficient (Wildman–Crippen LogP) is 3.15. The summed E-state index contributed by atoms with van der Waals surface area (Å²) in [5, 5.41) is 0. The van der Waals surface area contributed by atoms with Crippen molar-refractivity contribution in [1.82, 2.24) is 0 Å². The van der Waals surface area contributed by atoms with Gasteiger partial charge in [0, 0.05) is 29.4 Å². The number of ketones is 2. The van der Waals surface area contributed by atoms with E-state index in [4.69, 9.17) is 0 Å². The minimum Gasteiger partial charge on any atom is -0.294 e. The number of rotatable bonds is 0. The number of hydrogen-bond acceptors (Lipinski definition) is 2. The van der Waals surface area contributed by atoms with Crippen molar-refractivity contribution in [3.8, 4) is 0 Å². The molecule has 2 nitrogen and oxygen atoms in total. The average Bonchev–Trinajstić information content (AvgIpc) is 2.88. The van der Waals surface area contributed by atoms with Crippen LogP contribution in [0.25, 0.3) is 0 Å². The first-order chi connectivity index (χ1) is 9.22. The summed E-state index contributed by atoms with van der Waals surface area (Å²) in [7, 11) is 0. The van der Waals surface area contributed by atoms with Gasteiger partial charge in [-0.25, -0.2) is 0 Å². The lowest BCUT2D eigenvalue weighted by Crippen LogP contribution is -2.22. The average molecular weight is 248 g/mol. The van der Waals surface area contributed by atoms with E-state index in [0.717, 1.165) is 22.3 Å². The fourth-order valence-electron chi connectivity index (χ4n) is 3.61. The van der Waals surface area contributed by atoms with Crippen LogP contribution < -0.4 is 0 Å². The Bertz CT molecular complexity index is 664. The summed E-state index contributed by atoms with van der Waals surface area (Å²) in [5.74, 6) is 0.306. The van der Waals surface area contributed by atoms with Gasteiger partial charge in [0.2, 0.25) is 0 Å². The zero-order valence-electron chi connectivity index (χ0n) is 10.3. The summed E-state index contributed by atoms with van der Waals surface area (Å²) in [6, 6.07) is 15.4. The van der Waals surface area contributed by atoms with E-state index < -0.39 is 5.41 Å². The second-order valence-corrected chi connectivity index (χ2v) is 5.37. The third kappa shape index (κ3) is 1.21. The molecule has 0 saturated heterocycles. The lowest BCUT2D eigenvalue weighted by Gasteiger charge is -2.24. The van der Waals surface area contributed by atoms with Crippen molar-refractivity contribution in [2.24, 2.45) is 0 Å². The molecule has 0 heterocycles. The molecule has 0 aliphatic heterocycles. The van der Waals surface area contributed by atoms with Crippen LogP contribution in [0.1, 0.15) is 44.7 Å². The van der Waals surface area contributed by atoms with Gasteiger partial charge in [0.15, 0.2) is 11.6 Å². The number of carbonyl (C=O) groups excluding carboxylic acids is 2. The van der Waals surface area contributed by atoms with Crippen molar-refractivity contribution in [3.63, 3.8) is 0 Å². The van der Waals surface area contributed by atoms with E-state index in [1.165, 1.54) is 0 Å². The Kier molecular flexibility index (Phi) is 1.92. The van der Waals surface area contributed by atoms with Gasteiger partial charge in [-0.2, -0.15) is 0 Å². The summed E-state index contributed by atoms with van der Waals surface area (Å²) in [5.41, 5.74) is 3.22. The first kappa shape index (κ1) is 10.7. The van der Waals surface area contributed by atoms with E-state index in [2.05, 4.69) is 0 Å². The monoisotopic (exact) mass is 248 g/mol. The zero-order chi connectivity index (χ0) is 13.0. The van der Waals surface area contributed by atoms with Gasteiger partial charge in [-0.1, -0.05) is 48.5 Å². The second-order valence-electron chi connectivity index (χ2n) is 5.37. The second kappa shape index (κ2) is 3.41. The maximum atomic E-state index is 12.2. The number of hydrogen-bond donors (Lipinski definition) is 0. The normalized spacial score (nSPS) is 18.7. The van der Waals surface area contributed by atoms with E-state index >= 15 is 0 Å². The van der Waals surface area contributed by atoms with Gasteiger partial charge in [0.1, 0.15) is 0 Å². The van der Waals surface area contributed by atoms with E-state index in [0.29, 0.717) is 12.8 Å². The van der Waals surface area contributed by atoms with Gasteiger partial charge in [-0.05, 0) is 11.1 Å². The molecule has 2 aromatic rings. The molecule has 92 valence electrons. The van der Waals surface area contributed by atoms with Crippen molar-refractivity contribution in [2.45, 2.75) is 18.3 Å². The van der Waals surface area contributed by atoms with E-state index in [1.807, 2.05) is 48.5 Å². The molecule has 0 unspecified atom stereocenters. The fourth-order valence-corrected chi connectivity index (χ4v) is 3.61. The summed E-state index contributed by atoms with van der Waals surface area (Å²) in [4.78, 5) is 24.5. The Morgan fingerprint density at radius 2 is 1.11 bits per heavy atom. The van der Waals surface area contributed by atoms with Crippen LogP contribution in [-0.2, 0) is 5.41 Å². The molecule has 19 heavy (non-hydrogen) atoms. The molecule has 2 aliphatic rings. The van der Waals surface area contributed by atoms with E-state index in [-0.39, 0.29) is 11.6 Å². The van der Waals surface area contributed by atoms with Crippen LogP contribution in [0.2, 0.25) is 0 Å². The quantitative estimate of drug-likeness (QED) is 0.717. The molecule has 1 spiro atoms. The van der Waals surface area contributed by atoms with Crippen LogP contribution in [0, 0.1) is 0 Å². The number of carbonyl (C=O) groups is 2. The van der Waals surface area contributed by atoms with Crippen molar-refractivity contribution in [2.75, 3.05) is 0 Å². The third-order valence-electron chi connectivity index (χ3n) is 4.41. The van der Waals surface area contributed by atoms with E-state index in [9.17, 15) is 9.59 Å². The lowest BCUT2D eigenvalue weighted by molar-refractivity contribution is 0.0957. The maximum Gasteiger partial charge on any atom is 0.164 e. The maximum absolute atomic E-state index is 12.2. The number of Topliss-reactive ketones (excluding diaryl/α,β-unsaturated/α-hetero) is 2. The van der Waals surface area contributed by atoms with Gasteiger partial charge in [-0.15, -0.1) is 0 Å². The van der Waals surface area contributed by atoms with Gasteiger partial charge >= 0.3 is 0 Å². The summed E-state index contributed by atoms with van der Waals surface area (Å²) < 4.78 is 0. The van der Waals surface area contributed by atoms with Gasteiger partial charge in [-0.3, -0.25) is 9.59 Å². The Balaban J connectivity index is 2.05. The standard InChI is InChI=1S/C17H12O2/c18-15-9-17(13-7-3-1-5-11(13)15)10-16(19)12-6-2-4-8-14(12)17/h1-8H,9-10H2. The Hall–Kier alpha value is -2.22. The first-order valence-corrected chi connectivity index (χ1v) is 6.48. The van der Waals surface area contributed by atoms with Crippen molar-refractivity contribution < 1.29 is 9.59 Å². The summed E-state index contributed by atoms with van der Waals surface area (Å²) in [6.45, 7) is 0. The molecule has 0 N–H and O–H groups in total. The Morgan fingerprint density at radius 1 is 0.684 bits per heavy atom. The molecule has 0 saturated carbocycles. The van der Waals surface area contributed by atoms with Crippen LogP contribution in [-0.4, -0.2) is 11.6 Å². The van der Waals surface area contributed by atoms with Gasteiger partial charge < -0.3 is 0 Å². The molecular weight excluding hydrogens is 236 g/mol. The van der Waals surface area contributed by atoms with Gasteiger partial charge in [0.05, 0.1) is 0 Å². The molecule has 0 atom stereocenters. The highest BCUT2D eigenvalue weighted by atomic mass is 16.1. The minimum atomic E-state index is -0.401. The molecule has 2 heteroatoms. The molecule has 4 rings (SSSR count). The van der Waals surface area contributed by atoms with Crippen LogP contribution >= 0.6 is 0 Å². The van der Waals surface area contributed by atoms with Crippen LogP contribution in [0.15, 0.2) is 48.5 Å².